The molecule has 0 aromatic rings. The van der Waals surface area contributed by atoms with Crippen molar-refractivity contribution in [3.05, 3.63) is 0 Å². The molecule has 4 heavy (non-hydrogen) atoms. The molecule has 0 bridgehead atoms. The van der Waals surface area contributed by atoms with E-state index in [0.717, 1.165) is 0 Å². The molecule has 0 saturated carbocycles. The minimum absolute atomic E-state index is 0. The molecule has 0 aliphatic carbocycles. The second kappa shape index (κ2) is 15.7. The Bertz CT molecular complexity index is 3.25. The van der Waals surface area contributed by atoms with Crippen molar-refractivity contribution in [2.75, 3.05) is 0 Å². The van der Waals surface area contributed by atoms with Gasteiger partial charge in [-0.3, -0.25) is 0 Å². The zero-order valence-electron chi connectivity index (χ0n) is 2.00. The Kier molecular flexibility index (Phi) is 95.0. The number of hydrogen-bond acceptors (Lipinski definition) is 0. The molecular formula is CePb3. The molecule has 0 spiro atoms. The monoisotopic (exact) mass is 764 g/mol. The van der Waals surface area contributed by atoms with Gasteiger partial charge < -0.3 is 0 Å². The molecule has 0 amide bonds. The first kappa shape index (κ1) is 24.2. The van der Waals surface area contributed by atoms with E-state index in [1.54, 1.807) is 0 Å². The van der Waals surface area contributed by atoms with Crippen molar-refractivity contribution >= 4 is 81.9 Å². The summed E-state index contributed by atoms with van der Waals surface area (Å²) in [5, 5.41) is 0. The SMILES string of the molecule is [Ce].[Pb].[Pb].[Pb]. The normalized spacial score (nSPS) is 0. The van der Waals surface area contributed by atoms with E-state index in [-0.39, 0.29) is 124 Å². The third-order valence-electron chi connectivity index (χ3n) is 0. The fourth-order valence-corrected chi connectivity index (χ4v) is 0. The van der Waals surface area contributed by atoms with Gasteiger partial charge in [0.05, 0.1) is 0 Å². The Labute approximate surface area is 120 Å². The largest absolute Gasteiger partial charge is 0 e. The van der Waals surface area contributed by atoms with Crippen LogP contribution in [0.25, 0.3) is 0 Å². The van der Waals surface area contributed by atoms with Gasteiger partial charge in [0.15, 0.2) is 0 Å². The van der Waals surface area contributed by atoms with Gasteiger partial charge in [0.1, 0.15) is 0 Å². The fourth-order valence-electron chi connectivity index (χ4n) is 0. The van der Waals surface area contributed by atoms with Gasteiger partial charge in [0.2, 0.25) is 0 Å². The van der Waals surface area contributed by atoms with Crippen LogP contribution in [0.5, 0.6) is 0 Å². The Balaban J connectivity index is 0. The number of hydrogen-bond donors (Lipinski definition) is 0. The summed E-state index contributed by atoms with van der Waals surface area (Å²) < 4.78 is 0. The molecule has 12 radical (unpaired) electrons. The summed E-state index contributed by atoms with van der Waals surface area (Å²) in [6.07, 6.45) is 0. The number of rotatable bonds is 0. The first-order chi connectivity index (χ1) is 0. The summed E-state index contributed by atoms with van der Waals surface area (Å²) in [6.45, 7) is 0. The molecule has 0 rings (SSSR count). The predicted octanol–water partition coefficient (Wildman–Crippen LogP) is -1.14. The maximum Gasteiger partial charge on any atom is 0 e. The van der Waals surface area contributed by atoms with Crippen LogP contribution in [0, 0.1) is 41.7 Å². The molecule has 0 aromatic heterocycles. The fraction of sp³-hybridized carbons (Fsp3) is 0. The Morgan fingerprint density at radius 2 is 0.500 bits per heavy atom. The van der Waals surface area contributed by atoms with E-state index in [1.165, 1.54) is 0 Å². The van der Waals surface area contributed by atoms with Crippen LogP contribution in [0.2, 0.25) is 0 Å². The molecule has 0 nitrogen and oxygen atoms in total. The van der Waals surface area contributed by atoms with Gasteiger partial charge in [0, 0.05) is 124 Å². The molecule has 0 heterocycles. The van der Waals surface area contributed by atoms with Gasteiger partial charge in [-0.15, -0.1) is 0 Å². The minimum Gasteiger partial charge on any atom is 0 e. The maximum absolute atomic E-state index is 0. The third kappa shape index (κ3) is 9.47. The smallest absolute Gasteiger partial charge is 0 e. The van der Waals surface area contributed by atoms with Gasteiger partial charge in [0.25, 0.3) is 0 Å². The average Bonchev–Trinajstić information content (AvgIpc) is 0. The van der Waals surface area contributed by atoms with Crippen LogP contribution < -0.4 is 0 Å². The molecular weight excluding hydrogens is 762 g/mol. The minimum atomic E-state index is 0. The van der Waals surface area contributed by atoms with E-state index in [0.29, 0.717) is 0 Å². The van der Waals surface area contributed by atoms with Crippen LogP contribution in [0.15, 0.2) is 0 Å². The topological polar surface area (TPSA) is 0 Å². The van der Waals surface area contributed by atoms with Crippen LogP contribution in [0.3, 0.4) is 0 Å². The zero-order valence-corrected chi connectivity index (χ0v) is 16.8. The zero-order chi connectivity index (χ0) is 0. The summed E-state index contributed by atoms with van der Waals surface area (Å²) in [4.78, 5) is 0. The van der Waals surface area contributed by atoms with Crippen LogP contribution in [-0.2, 0) is 0 Å². The molecule has 4 heteroatoms. The third-order valence-corrected chi connectivity index (χ3v) is 0. The van der Waals surface area contributed by atoms with Gasteiger partial charge >= 0.3 is 0 Å². The van der Waals surface area contributed by atoms with Crippen molar-refractivity contribution in [3.63, 3.8) is 0 Å². The standard InChI is InChI=1S/Ce.3Pb. The summed E-state index contributed by atoms with van der Waals surface area (Å²) in [5.41, 5.74) is 0. The summed E-state index contributed by atoms with van der Waals surface area (Å²) in [7, 11) is 0. The second-order valence-electron chi connectivity index (χ2n) is 0. The summed E-state index contributed by atoms with van der Waals surface area (Å²) in [5.74, 6) is 0. The summed E-state index contributed by atoms with van der Waals surface area (Å²) in [6, 6.07) is 0. The van der Waals surface area contributed by atoms with E-state index >= 15 is 0 Å². The average molecular weight is 762 g/mol. The van der Waals surface area contributed by atoms with Crippen LogP contribution >= 0.6 is 0 Å². The van der Waals surface area contributed by atoms with Gasteiger partial charge in [-0.05, 0) is 0 Å². The Hall–Kier alpha value is 4.14. The molecule has 0 saturated heterocycles. The second-order valence-corrected chi connectivity index (χ2v) is 0. The van der Waals surface area contributed by atoms with Gasteiger partial charge in [-0.25, -0.2) is 0 Å². The van der Waals surface area contributed by atoms with Gasteiger partial charge in [-0.2, -0.15) is 0 Å². The van der Waals surface area contributed by atoms with Gasteiger partial charge in [-0.1, -0.05) is 0 Å². The molecule has 0 fully saturated rings. The van der Waals surface area contributed by atoms with Crippen molar-refractivity contribution < 1.29 is 41.7 Å². The summed E-state index contributed by atoms with van der Waals surface area (Å²) >= 11 is 0. The quantitative estimate of drug-likeness (QED) is 0.275. The Morgan fingerprint density at radius 1 is 0.500 bits per heavy atom. The molecule has 16 valence electrons. The van der Waals surface area contributed by atoms with Crippen molar-refractivity contribution in [2.24, 2.45) is 0 Å². The molecule has 0 unspecified atom stereocenters. The molecule has 0 aliphatic heterocycles. The molecule has 0 atom stereocenters. The van der Waals surface area contributed by atoms with E-state index < -0.39 is 0 Å². The van der Waals surface area contributed by atoms with E-state index in [2.05, 4.69) is 0 Å². The van der Waals surface area contributed by atoms with Crippen molar-refractivity contribution in [1.29, 1.82) is 0 Å². The van der Waals surface area contributed by atoms with Crippen LogP contribution in [0.1, 0.15) is 0 Å². The molecule has 0 N–H and O–H groups in total. The van der Waals surface area contributed by atoms with Crippen molar-refractivity contribution in [2.45, 2.75) is 0 Å². The van der Waals surface area contributed by atoms with E-state index in [4.69, 9.17) is 0 Å². The molecule has 0 aromatic carbocycles. The predicted molar refractivity (Wildman–Crippen MR) is 17.3 cm³/mol. The van der Waals surface area contributed by atoms with Crippen molar-refractivity contribution in [1.82, 2.24) is 0 Å². The van der Waals surface area contributed by atoms with Crippen LogP contribution in [-0.4, -0.2) is 81.9 Å². The maximum atomic E-state index is 0. The van der Waals surface area contributed by atoms with Crippen LogP contribution in [0.4, 0.5) is 0 Å². The first-order valence-corrected chi connectivity index (χ1v) is 0. The first-order valence-electron chi connectivity index (χ1n) is 0. The van der Waals surface area contributed by atoms with E-state index in [9.17, 15) is 0 Å². The van der Waals surface area contributed by atoms with Crippen molar-refractivity contribution in [3.8, 4) is 0 Å². The Morgan fingerprint density at radius 3 is 0.500 bits per heavy atom. The molecule has 0 aliphatic rings. The van der Waals surface area contributed by atoms with E-state index in [1.807, 2.05) is 0 Å².